The lowest BCUT2D eigenvalue weighted by atomic mass is 10.2. The van der Waals surface area contributed by atoms with E-state index in [1.807, 2.05) is 0 Å². The van der Waals surface area contributed by atoms with Gasteiger partial charge >= 0.3 is 0 Å². The molecule has 0 aliphatic carbocycles. The van der Waals surface area contributed by atoms with Crippen molar-refractivity contribution >= 4 is 29.9 Å². The largest absolute Gasteiger partial charge is 0.381 e. The normalized spacial score (nSPS) is 9.67. The third kappa shape index (κ3) is 4.28. The number of hydrogen-bond acceptors (Lipinski definition) is 2. The van der Waals surface area contributed by atoms with E-state index in [0.717, 1.165) is 6.54 Å². The first-order valence-electron chi connectivity index (χ1n) is 5.71. The highest BCUT2D eigenvalue weighted by molar-refractivity contribution is 7.98. The van der Waals surface area contributed by atoms with Crippen molar-refractivity contribution in [1.82, 2.24) is 0 Å². The summed E-state index contributed by atoms with van der Waals surface area (Å²) in [6.07, 6.45) is 2.10. The molecule has 3 heteroatoms. The van der Waals surface area contributed by atoms with Gasteiger partial charge in [-0.2, -0.15) is 0 Å². The van der Waals surface area contributed by atoms with Crippen molar-refractivity contribution in [2.75, 3.05) is 11.6 Å². The number of aryl methyl sites for hydroxylation is 1. The molecule has 0 radical (unpaired) electrons. The van der Waals surface area contributed by atoms with Gasteiger partial charge in [-0.15, -0.1) is 24.2 Å². The molecule has 0 aliphatic rings. The van der Waals surface area contributed by atoms with Gasteiger partial charge < -0.3 is 5.32 Å². The van der Waals surface area contributed by atoms with Crippen molar-refractivity contribution in [2.45, 2.75) is 18.4 Å². The third-order valence-electron chi connectivity index (χ3n) is 2.71. The Bertz CT molecular complexity index is 465. The summed E-state index contributed by atoms with van der Waals surface area (Å²) in [4.78, 5) is 1.31. The molecule has 0 unspecified atom stereocenters. The molecule has 0 saturated carbocycles. The van der Waals surface area contributed by atoms with E-state index in [1.54, 1.807) is 11.8 Å². The molecule has 1 nitrogen and oxygen atoms in total. The first kappa shape index (κ1) is 14.9. The van der Waals surface area contributed by atoms with Crippen molar-refractivity contribution in [3.8, 4) is 0 Å². The molecule has 0 amide bonds. The molecule has 0 saturated heterocycles. The maximum atomic E-state index is 3.42. The second-order valence-corrected chi connectivity index (χ2v) is 4.95. The summed E-state index contributed by atoms with van der Waals surface area (Å²) >= 11 is 1.77. The summed E-state index contributed by atoms with van der Waals surface area (Å²) in [5, 5.41) is 3.42. The maximum Gasteiger partial charge on any atom is 0.0400 e. The van der Waals surface area contributed by atoms with Crippen LogP contribution in [0.2, 0.25) is 0 Å². The lowest BCUT2D eigenvalue weighted by molar-refractivity contribution is 1.14. The molecule has 1 N–H and O–H groups in total. The molecule has 0 bridgehead atoms. The molecule has 18 heavy (non-hydrogen) atoms. The standard InChI is InChI=1S/C15H17NS.ClH/c1-12-3-7-14(8-4-12)16-11-13-5-9-15(17-2)10-6-13;/h3-10,16H,11H2,1-2H3;1H. The van der Waals surface area contributed by atoms with Gasteiger partial charge in [-0.25, -0.2) is 0 Å². The molecule has 2 rings (SSSR count). The zero-order valence-corrected chi connectivity index (χ0v) is 12.3. The summed E-state index contributed by atoms with van der Waals surface area (Å²) in [5.41, 5.74) is 3.77. The highest BCUT2D eigenvalue weighted by Gasteiger charge is 1.95. The number of hydrogen-bond donors (Lipinski definition) is 1. The average Bonchev–Trinajstić information content (AvgIpc) is 2.39. The predicted octanol–water partition coefficient (Wildman–Crippen LogP) is 4.75. The van der Waals surface area contributed by atoms with Crippen LogP contribution in [0.15, 0.2) is 53.4 Å². The highest BCUT2D eigenvalue weighted by atomic mass is 35.5. The summed E-state index contributed by atoms with van der Waals surface area (Å²) in [7, 11) is 0. The minimum Gasteiger partial charge on any atom is -0.381 e. The van der Waals surface area contributed by atoms with Crippen LogP contribution in [0.5, 0.6) is 0 Å². The van der Waals surface area contributed by atoms with E-state index >= 15 is 0 Å². The van der Waals surface area contributed by atoms with Crippen LogP contribution in [0.1, 0.15) is 11.1 Å². The van der Waals surface area contributed by atoms with Crippen LogP contribution in [-0.2, 0) is 6.54 Å². The zero-order chi connectivity index (χ0) is 12.1. The number of benzene rings is 2. The van der Waals surface area contributed by atoms with Gasteiger partial charge in [0.2, 0.25) is 0 Å². The Hall–Kier alpha value is -1.12. The molecule has 0 aromatic heterocycles. The van der Waals surface area contributed by atoms with E-state index in [1.165, 1.54) is 21.7 Å². The SMILES string of the molecule is CSc1ccc(CNc2ccc(C)cc2)cc1.Cl. The summed E-state index contributed by atoms with van der Waals surface area (Å²) in [6, 6.07) is 17.2. The van der Waals surface area contributed by atoms with Crippen molar-refractivity contribution in [3.63, 3.8) is 0 Å². The molecule has 0 fully saturated rings. The van der Waals surface area contributed by atoms with Gasteiger partial charge in [0.15, 0.2) is 0 Å². The quantitative estimate of drug-likeness (QED) is 0.811. The first-order valence-corrected chi connectivity index (χ1v) is 6.94. The number of rotatable bonds is 4. The van der Waals surface area contributed by atoms with Crippen LogP contribution in [0.3, 0.4) is 0 Å². The van der Waals surface area contributed by atoms with Crippen LogP contribution < -0.4 is 5.32 Å². The number of anilines is 1. The Morgan fingerprint density at radius 3 is 2.11 bits per heavy atom. The van der Waals surface area contributed by atoms with Gasteiger partial charge in [0.1, 0.15) is 0 Å². The van der Waals surface area contributed by atoms with Gasteiger partial charge in [0.05, 0.1) is 0 Å². The molecular weight excluding hydrogens is 262 g/mol. The number of halogens is 1. The molecular formula is C15H18ClNS. The Labute approximate surface area is 119 Å². The van der Waals surface area contributed by atoms with Crippen LogP contribution >= 0.6 is 24.2 Å². The van der Waals surface area contributed by atoms with Crippen molar-refractivity contribution < 1.29 is 0 Å². The summed E-state index contributed by atoms with van der Waals surface area (Å²) in [5.74, 6) is 0. The fourth-order valence-corrected chi connectivity index (χ4v) is 2.03. The molecule has 0 atom stereocenters. The zero-order valence-electron chi connectivity index (χ0n) is 10.6. The Kier molecular flexibility index (Phi) is 6.10. The highest BCUT2D eigenvalue weighted by Crippen LogP contribution is 2.16. The molecule has 0 spiro atoms. The second kappa shape index (κ2) is 7.34. The lowest BCUT2D eigenvalue weighted by Crippen LogP contribution is -1.98. The van der Waals surface area contributed by atoms with Crippen LogP contribution in [0.25, 0.3) is 0 Å². The Morgan fingerprint density at radius 2 is 1.56 bits per heavy atom. The van der Waals surface area contributed by atoms with E-state index in [4.69, 9.17) is 0 Å². The van der Waals surface area contributed by atoms with Crippen LogP contribution in [-0.4, -0.2) is 6.26 Å². The fraction of sp³-hybridized carbons (Fsp3) is 0.200. The lowest BCUT2D eigenvalue weighted by Gasteiger charge is -2.07. The topological polar surface area (TPSA) is 12.0 Å². The maximum absolute atomic E-state index is 3.42. The minimum absolute atomic E-state index is 0. The molecule has 2 aromatic carbocycles. The average molecular weight is 280 g/mol. The van der Waals surface area contributed by atoms with E-state index < -0.39 is 0 Å². The van der Waals surface area contributed by atoms with Crippen LogP contribution in [0, 0.1) is 6.92 Å². The van der Waals surface area contributed by atoms with E-state index in [2.05, 4.69) is 67.0 Å². The van der Waals surface area contributed by atoms with E-state index in [-0.39, 0.29) is 12.4 Å². The second-order valence-electron chi connectivity index (χ2n) is 4.07. The smallest absolute Gasteiger partial charge is 0.0400 e. The fourth-order valence-electron chi connectivity index (χ4n) is 1.62. The van der Waals surface area contributed by atoms with Gasteiger partial charge in [0, 0.05) is 17.1 Å². The monoisotopic (exact) mass is 279 g/mol. The van der Waals surface area contributed by atoms with Crippen LogP contribution in [0.4, 0.5) is 5.69 Å². The number of thioether (sulfide) groups is 1. The molecule has 96 valence electrons. The van der Waals surface area contributed by atoms with E-state index in [0.29, 0.717) is 0 Å². The predicted molar refractivity (Wildman–Crippen MR) is 84.0 cm³/mol. The van der Waals surface area contributed by atoms with Crippen molar-refractivity contribution in [3.05, 3.63) is 59.7 Å². The van der Waals surface area contributed by atoms with E-state index in [9.17, 15) is 0 Å². The first-order chi connectivity index (χ1) is 8.28. The van der Waals surface area contributed by atoms with Gasteiger partial charge in [-0.05, 0) is 43.0 Å². The van der Waals surface area contributed by atoms with Gasteiger partial charge in [0.25, 0.3) is 0 Å². The summed E-state index contributed by atoms with van der Waals surface area (Å²) in [6.45, 7) is 2.97. The van der Waals surface area contributed by atoms with Gasteiger partial charge in [-0.1, -0.05) is 29.8 Å². The molecule has 0 aliphatic heterocycles. The summed E-state index contributed by atoms with van der Waals surface area (Å²) < 4.78 is 0. The third-order valence-corrected chi connectivity index (χ3v) is 3.45. The van der Waals surface area contributed by atoms with Gasteiger partial charge in [-0.3, -0.25) is 0 Å². The van der Waals surface area contributed by atoms with Crippen molar-refractivity contribution in [1.29, 1.82) is 0 Å². The molecule has 0 heterocycles. The minimum atomic E-state index is 0. The Morgan fingerprint density at radius 1 is 0.944 bits per heavy atom. The molecule has 2 aromatic rings. The van der Waals surface area contributed by atoms with Crippen molar-refractivity contribution in [2.24, 2.45) is 0 Å². The Balaban J connectivity index is 0.00000162. The number of nitrogens with one attached hydrogen (secondary N) is 1.